The van der Waals surface area contributed by atoms with E-state index in [1.807, 2.05) is 36.4 Å². The molecule has 0 bridgehead atoms. The average molecular weight is 391 g/mol. The molecule has 1 aliphatic heterocycles. The highest BCUT2D eigenvalue weighted by atomic mass is 16.5. The summed E-state index contributed by atoms with van der Waals surface area (Å²) in [5.41, 5.74) is 2.64. The number of rotatable bonds is 5. The van der Waals surface area contributed by atoms with Gasteiger partial charge in [0.1, 0.15) is 0 Å². The molecule has 0 spiro atoms. The Labute approximate surface area is 171 Å². The standard InChI is InChI=1S/C24H25NO4/c1-28-23(26)20-15-9-10-16-25(17-21(20)24(27)29-2)22(18-11-5-3-6-12-18)19-13-7-4-8-14-19/h3-8,11-15,17,22H,9-10,16H2,1-2H3. The Kier molecular flexibility index (Phi) is 6.85. The van der Waals surface area contributed by atoms with Gasteiger partial charge in [-0.3, -0.25) is 0 Å². The van der Waals surface area contributed by atoms with Crippen molar-refractivity contribution >= 4 is 11.9 Å². The van der Waals surface area contributed by atoms with Crippen molar-refractivity contribution in [2.45, 2.75) is 18.9 Å². The molecule has 3 rings (SSSR count). The number of ether oxygens (including phenoxy) is 2. The van der Waals surface area contributed by atoms with E-state index in [-0.39, 0.29) is 17.2 Å². The van der Waals surface area contributed by atoms with Gasteiger partial charge in [0.15, 0.2) is 0 Å². The summed E-state index contributed by atoms with van der Waals surface area (Å²) in [4.78, 5) is 27.0. The van der Waals surface area contributed by atoms with Crippen LogP contribution in [0.15, 0.2) is 84.1 Å². The van der Waals surface area contributed by atoms with Crippen LogP contribution >= 0.6 is 0 Å². The first-order valence-corrected chi connectivity index (χ1v) is 9.60. The Balaban J connectivity index is 2.13. The maximum atomic E-state index is 12.5. The van der Waals surface area contributed by atoms with Crippen LogP contribution in [0.5, 0.6) is 0 Å². The maximum Gasteiger partial charge on any atom is 0.340 e. The van der Waals surface area contributed by atoms with E-state index in [9.17, 15) is 9.59 Å². The molecule has 0 saturated heterocycles. The molecule has 1 heterocycles. The number of carbonyl (C=O) groups is 2. The first kappa shape index (κ1) is 20.4. The molecule has 0 radical (unpaired) electrons. The van der Waals surface area contributed by atoms with E-state index in [1.54, 1.807) is 12.3 Å². The van der Waals surface area contributed by atoms with Crippen LogP contribution in [0.2, 0.25) is 0 Å². The zero-order valence-corrected chi connectivity index (χ0v) is 16.7. The summed E-state index contributed by atoms with van der Waals surface area (Å²) >= 11 is 0. The van der Waals surface area contributed by atoms with Crippen molar-refractivity contribution in [1.29, 1.82) is 0 Å². The predicted octanol–water partition coefficient (Wildman–Crippen LogP) is 4.03. The zero-order valence-electron chi connectivity index (χ0n) is 16.7. The number of esters is 2. The lowest BCUT2D eigenvalue weighted by molar-refractivity contribution is -0.139. The third-order valence-corrected chi connectivity index (χ3v) is 4.93. The molecule has 5 heteroatoms. The molecule has 0 atom stereocenters. The van der Waals surface area contributed by atoms with Gasteiger partial charge in [0, 0.05) is 12.7 Å². The number of hydrogen-bond acceptors (Lipinski definition) is 5. The largest absolute Gasteiger partial charge is 0.465 e. The van der Waals surface area contributed by atoms with Crippen LogP contribution in [0.25, 0.3) is 0 Å². The summed E-state index contributed by atoms with van der Waals surface area (Å²) in [7, 11) is 2.62. The number of carbonyl (C=O) groups excluding carboxylic acids is 2. The molecule has 150 valence electrons. The van der Waals surface area contributed by atoms with E-state index in [2.05, 4.69) is 29.2 Å². The Hall–Kier alpha value is -3.34. The average Bonchev–Trinajstić information content (AvgIpc) is 2.76. The zero-order chi connectivity index (χ0) is 20.6. The second-order valence-corrected chi connectivity index (χ2v) is 6.75. The SMILES string of the molecule is COC(=O)C1=CCCCN(C(c2ccccc2)c2ccccc2)C=C1C(=O)OC. The van der Waals surface area contributed by atoms with Gasteiger partial charge in [-0.1, -0.05) is 66.7 Å². The Morgan fingerprint density at radius 3 is 1.86 bits per heavy atom. The van der Waals surface area contributed by atoms with Gasteiger partial charge in [0.25, 0.3) is 0 Å². The van der Waals surface area contributed by atoms with Crippen molar-refractivity contribution in [2.75, 3.05) is 20.8 Å². The summed E-state index contributed by atoms with van der Waals surface area (Å²) in [5, 5.41) is 0. The molecular formula is C24H25NO4. The van der Waals surface area contributed by atoms with E-state index in [1.165, 1.54) is 14.2 Å². The number of nitrogens with zero attached hydrogens (tertiary/aromatic N) is 1. The summed E-state index contributed by atoms with van der Waals surface area (Å²) in [6.07, 6.45) is 4.98. The number of methoxy groups -OCH3 is 2. The maximum absolute atomic E-state index is 12.5. The Morgan fingerprint density at radius 2 is 1.34 bits per heavy atom. The molecule has 29 heavy (non-hydrogen) atoms. The molecule has 1 aliphatic rings. The number of allylic oxidation sites excluding steroid dienone is 1. The van der Waals surface area contributed by atoms with Gasteiger partial charge in [-0.15, -0.1) is 0 Å². The molecular weight excluding hydrogens is 366 g/mol. The highest BCUT2D eigenvalue weighted by molar-refractivity contribution is 6.06. The van der Waals surface area contributed by atoms with Gasteiger partial charge in [-0.25, -0.2) is 9.59 Å². The van der Waals surface area contributed by atoms with Crippen LogP contribution in [0, 0.1) is 0 Å². The van der Waals surface area contributed by atoms with Crippen molar-refractivity contribution in [3.8, 4) is 0 Å². The van der Waals surface area contributed by atoms with E-state index < -0.39 is 11.9 Å². The smallest absolute Gasteiger partial charge is 0.340 e. The summed E-state index contributed by atoms with van der Waals surface area (Å²) in [5.74, 6) is -1.10. The van der Waals surface area contributed by atoms with Gasteiger partial charge >= 0.3 is 11.9 Å². The van der Waals surface area contributed by atoms with Crippen molar-refractivity contribution in [2.24, 2.45) is 0 Å². The molecule has 0 N–H and O–H groups in total. The molecule has 2 aromatic carbocycles. The molecule has 2 aromatic rings. The lowest BCUT2D eigenvalue weighted by atomic mass is 9.95. The second kappa shape index (κ2) is 9.73. The molecule has 5 nitrogen and oxygen atoms in total. The third-order valence-electron chi connectivity index (χ3n) is 4.93. The second-order valence-electron chi connectivity index (χ2n) is 6.75. The predicted molar refractivity (Wildman–Crippen MR) is 111 cm³/mol. The lowest BCUT2D eigenvalue weighted by Crippen LogP contribution is -2.29. The summed E-state index contributed by atoms with van der Waals surface area (Å²) in [6, 6.07) is 20.1. The fourth-order valence-corrected chi connectivity index (χ4v) is 3.56. The number of hydrogen-bond donors (Lipinski definition) is 0. The third kappa shape index (κ3) is 4.74. The van der Waals surface area contributed by atoms with E-state index >= 15 is 0 Å². The van der Waals surface area contributed by atoms with Crippen LogP contribution in [-0.4, -0.2) is 37.6 Å². The fraction of sp³-hybridized carbons (Fsp3) is 0.250. The van der Waals surface area contributed by atoms with Gasteiger partial charge in [0.05, 0.1) is 31.4 Å². The highest BCUT2D eigenvalue weighted by Gasteiger charge is 2.27. The van der Waals surface area contributed by atoms with E-state index in [0.29, 0.717) is 6.42 Å². The fourth-order valence-electron chi connectivity index (χ4n) is 3.56. The minimum atomic E-state index is -0.562. The quantitative estimate of drug-likeness (QED) is 0.721. The first-order valence-electron chi connectivity index (χ1n) is 9.60. The molecule has 0 fully saturated rings. The molecule has 0 unspecified atom stereocenters. The normalized spacial score (nSPS) is 14.4. The highest BCUT2D eigenvalue weighted by Crippen LogP contribution is 2.32. The minimum Gasteiger partial charge on any atom is -0.465 e. The molecule has 0 saturated carbocycles. The molecule has 0 aromatic heterocycles. The van der Waals surface area contributed by atoms with Crippen LogP contribution in [0.4, 0.5) is 0 Å². The Bertz CT molecular complexity index is 863. The summed E-state index contributed by atoms with van der Waals surface area (Å²) < 4.78 is 9.87. The van der Waals surface area contributed by atoms with Gasteiger partial charge < -0.3 is 14.4 Å². The first-order chi connectivity index (χ1) is 14.2. The summed E-state index contributed by atoms with van der Waals surface area (Å²) in [6.45, 7) is 0.722. The Morgan fingerprint density at radius 1 is 0.828 bits per heavy atom. The van der Waals surface area contributed by atoms with E-state index in [0.717, 1.165) is 24.1 Å². The number of benzene rings is 2. The van der Waals surface area contributed by atoms with Gasteiger partial charge in [0.2, 0.25) is 0 Å². The van der Waals surface area contributed by atoms with Crippen LogP contribution in [0.3, 0.4) is 0 Å². The van der Waals surface area contributed by atoms with Crippen LogP contribution < -0.4 is 0 Å². The van der Waals surface area contributed by atoms with Crippen LogP contribution in [0.1, 0.15) is 30.0 Å². The van der Waals surface area contributed by atoms with Gasteiger partial charge in [-0.2, -0.15) is 0 Å². The molecule has 0 aliphatic carbocycles. The van der Waals surface area contributed by atoms with Gasteiger partial charge in [-0.05, 0) is 24.0 Å². The van der Waals surface area contributed by atoms with E-state index in [4.69, 9.17) is 9.47 Å². The molecule has 0 amide bonds. The van der Waals surface area contributed by atoms with Crippen molar-refractivity contribution in [3.05, 3.63) is 95.2 Å². The van der Waals surface area contributed by atoms with Crippen molar-refractivity contribution in [1.82, 2.24) is 4.90 Å². The van der Waals surface area contributed by atoms with Crippen LogP contribution in [-0.2, 0) is 19.1 Å². The monoisotopic (exact) mass is 391 g/mol. The lowest BCUT2D eigenvalue weighted by Gasteiger charge is -2.33. The topological polar surface area (TPSA) is 55.8 Å². The van der Waals surface area contributed by atoms with Crippen molar-refractivity contribution < 1.29 is 19.1 Å². The minimum absolute atomic E-state index is 0.103. The van der Waals surface area contributed by atoms with Crippen molar-refractivity contribution in [3.63, 3.8) is 0 Å².